The van der Waals surface area contributed by atoms with Crippen molar-refractivity contribution in [3.8, 4) is 22.6 Å². The first-order valence-electron chi connectivity index (χ1n) is 10.3. The summed E-state index contributed by atoms with van der Waals surface area (Å²) in [5, 5.41) is 8.18. The molecule has 1 aliphatic carbocycles. The molecule has 0 aromatic carbocycles. The van der Waals surface area contributed by atoms with E-state index >= 15 is 0 Å². The van der Waals surface area contributed by atoms with Crippen molar-refractivity contribution in [3.05, 3.63) is 78.8 Å². The number of nitrogens with zero attached hydrogens (tertiary/aromatic N) is 5. The molecule has 1 aliphatic rings. The largest absolute Gasteiger partial charge is 0.397 e. The third-order valence-electron chi connectivity index (χ3n) is 5.50. The number of rotatable bonds is 3. The fourth-order valence-electron chi connectivity index (χ4n) is 3.90. The number of nitrogens with one attached hydrogen (secondary N) is 2. The molecule has 0 aliphatic heterocycles. The van der Waals surface area contributed by atoms with E-state index in [1.165, 1.54) is 6.08 Å². The molecule has 0 bridgehead atoms. The summed E-state index contributed by atoms with van der Waals surface area (Å²) in [6.45, 7) is 0. The van der Waals surface area contributed by atoms with Crippen LogP contribution in [0.3, 0.4) is 0 Å². The molecule has 0 atom stereocenters. The average Bonchev–Trinajstić information content (AvgIpc) is 3.38. The predicted octanol–water partition coefficient (Wildman–Crippen LogP) is 4.74. The van der Waals surface area contributed by atoms with Crippen LogP contribution in [0.15, 0.2) is 73.2 Å². The minimum Gasteiger partial charge on any atom is -0.397 e. The van der Waals surface area contributed by atoms with Gasteiger partial charge in [-0.25, -0.2) is 14.4 Å². The monoisotopic (exact) mass is 436 g/mol. The number of hydrogen-bond acceptors (Lipinski definition) is 6. The number of allylic oxidation sites excluding steroid dienone is 6. The molecular weight excluding hydrogens is 419 g/mol. The molecule has 8 nitrogen and oxygen atoms in total. The second kappa shape index (κ2) is 7.49. The molecule has 0 radical (unpaired) electrons. The first kappa shape index (κ1) is 19.1. The normalized spacial score (nSPS) is 13.8. The van der Waals surface area contributed by atoms with Gasteiger partial charge in [0.15, 0.2) is 11.5 Å². The van der Waals surface area contributed by atoms with Crippen LogP contribution in [0.4, 0.5) is 10.1 Å². The van der Waals surface area contributed by atoms with E-state index < -0.39 is 0 Å². The van der Waals surface area contributed by atoms with Crippen LogP contribution >= 0.6 is 0 Å². The number of pyridine rings is 3. The number of imidazole rings is 1. The minimum atomic E-state index is -0.188. The molecular formula is C24H17FN8. The quantitative estimate of drug-likeness (QED) is 0.376. The fourth-order valence-corrected chi connectivity index (χ4v) is 3.90. The summed E-state index contributed by atoms with van der Waals surface area (Å²) < 4.78 is 13.7. The van der Waals surface area contributed by atoms with Crippen LogP contribution in [0.5, 0.6) is 0 Å². The summed E-state index contributed by atoms with van der Waals surface area (Å²) in [5.74, 6) is 0.415. The van der Waals surface area contributed by atoms with E-state index in [4.69, 9.17) is 10.7 Å². The minimum absolute atomic E-state index is 0.188. The zero-order chi connectivity index (χ0) is 22.4. The number of aromatic nitrogens is 7. The highest BCUT2D eigenvalue weighted by Gasteiger charge is 2.17. The van der Waals surface area contributed by atoms with Gasteiger partial charge in [0.25, 0.3) is 0 Å². The average molecular weight is 436 g/mol. The maximum Gasteiger partial charge on any atom is 0.181 e. The van der Waals surface area contributed by atoms with E-state index in [0.29, 0.717) is 22.9 Å². The lowest BCUT2D eigenvalue weighted by atomic mass is 10.1. The van der Waals surface area contributed by atoms with Gasteiger partial charge in [0, 0.05) is 47.9 Å². The maximum atomic E-state index is 13.7. The highest BCUT2D eigenvalue weighted by atomic mass is 19.1. The van der Waals surface area contributed by atoms with Crippen LogP contribution < -0.4 is 5.73 Å². The lowest BCUT2D eigenvalue weighted by Gasteiger charge is -2.02. The molecule has 160 valence electrons. The van der Waals surface area contributed by atoms with E-state index in [2.05, 4.69) is 30.1 Å². The second-order valence-corrected chi connectivity index (χ2v) is 7.71. The van der Waals surface area contributed by atoms with Gasteiger partial charge < -0.3 is 10.7 Å². The molecule has 0 spiro atoms. The molecule has 9 heteroatoms. The van der Waals surface area contributed by atoms with Crippen LogP contribution in [0.25, 0.3) is 50.3 Å². The lowest BCUT2D eigenvalue weighted by molar-refractivity contribution is 0.618. The van der Waals surface area contributed by atoms with Gasteiger partial charge in [-0.15, -0.1) is 0 Å². The van der Waals surface area contributed by atoms with Crippen LogP contribution in [0.1, 0.15) is 12.0 Å². The van der Waals surface area contributed by atoms with Gasteiger partial charge in [0.1, 0.15) is 11.5 Å². The van der Waals surface area contributed by atoms with Crippen molar-refractivity contribution in [2.24, 2.45) is 0 Å². The third kappa shape index (κ3) is 3.35. The number of fused-ring (bicyclic) bond motifs is 2. The Morgan fingerprint density at radius 1 is 0.970 bits per heavy atom. The Balaban J connectivity index is 1.49. The number of nitrogen functional groups attached to an aromatic ring is 1. The Kier molecular flexibility index (Phi) is 4.32. The number of halogens is 1. The van der Waals surface area contributed by atoms with Crippen molar-refractivity contribution < 1.29 is 4.39 Å². The molecule has 5 aromatic rings. The van der Waals surface area contributed by atoms with Crippen molar-refractivity contribution >= 4 is 33.3 Å². The fraction of sp³-hybridized carbons (Fsp3) is 0.0417. The van der Waals surface area contributed by atoms with Crippen molar-refractivity contribution in [3.63, 3.8) is 0 Å². The van der Waals surface area contributed by atoms with Crippen LogP contribution in [0, 0.1) is 0 Å². The zero-order valence-corrected chi connectivity index (χ0v) is 17.2. The van der Waals surface area contributed by atoms with E-state index in [1.807, 2.05) is 18.2 Å². The van der Waals surface area contributed by atoms with Gasteiger partial charge in [-0.1, -0.05) is 18.2 Å². The summed E-state index contributed by atoms with van der Waals surface area (Å²) in [6.07, 6.45) is 15.7. The third-order valence-corrected chi connectivity index (χ3v) is 5.50. The second-order valence-electron chi connectivity index (χ2n) is 7.71. The number of nitrogens with two attached hydrogens (primary N) is 1. The molecule has 5 aromatic heterocycles. The number of H-pyrrole nitrogens is 2. The summed E-state index contributed by atoms with van der Waals surface area (Å²) >= 11 is 0. The Hall–Kier alpha value is -4.66. The van der Waals surface area contributed by atoms with E-state index in [9.17, 15) is 4.39 Å². The maximum absolute atomic E-state index is 13.7. The smallest absolute Gasteiger partial charge is 0.181 e. The highest BCUT2D eigenvalue weighted by Crippen LogP contribution is 2.31. The van der Waals surface area contributed by atoms with Gasteiger partial charge in [-0.3, -0.25) is 15.1 Å². The highest BCUT2D eigenvalue weighted by molar-refractivity contribution is 5.96. The molecule has 0 unspecified atom stereocenters. The topological polar surface area (TPSA) is 122 Å². The summed E-state index contributed by atoms with van der Waals surface area (Å²) in [4.78, 5) is 21.1. The Morgan fingerprint density at radius 2 is 1.85 bits per heavy atom. The predicted molar refractivity (Wildman–Crippen MR) is 125 cm³/mol. The van der Waals surface area contributed by atoms with Crippen LogP contribution in [0.2, 0.25) is 0 Å². The Labute approximate surface area is 186 Å². The standard InChI is InChI=1S/C24H17FN8/c25-16-3-1-2-13(4-5-16)19-11-28-12-20-21(19)31-24(30-20)22-18-7-15(9-29-23(18)33-32-22)14-6-17(26)10-27-8-14/h1-2,4-12H,3,26H2,(H,30,31)(H,29,32,33). The molecule has 0 saturated heterocycles. The van der Waals surface area contributed by atoms with Crippen molar-refractivity contribution in [1.82, 2.24) is 35.1 Å². The molecule has 33 heavy (non-hydrogen) atoms. The Bertz CT molecular complexity index is 1620. The summed E-state index contributed by atoms with van der Waals surface area (Å²) in [5.41, 5.74) is 12.6. The first-order valence-corrected chi connectivity index (χ1v) is 10.3. The van der Waals surface area contributed by atoms with Gasteiger partial charge in [0.2, 0.25) is 0 Å². The van der Waals surface area contributed by atoms with Crippen molar-refractivity contribution in [2.45, 2.75) is 6.42 Å². The molecule has 5 heterocycles. The summed E-state index contributed by atoms with van der Waals surface area (Å²) in [6, 6.07) is 3.83. The first-order chi connectivity index (χ1) is 16.2. The number of hydrogen-bond donors (Lipinski definition) is 3. The molecule has 0 amide bonds. The van der Waals surface area contributed by atoms with Gasteiger partial charge in [-0.2, -0.15) is 5.10 Å². The van der Waals surface area contributed by atoms with Gasteiger partial charge in [0.05, 0.1) is 28.3 Å². The zero-order valence-electron chi connectivity index (χ0n) is 17.2. The van der Waals surface area contributed by atoms with Gasteiger partial charge in [-0.05, 0) is 23.8 Å². The Morgan fingerprint density at radius 3 is 2.76 bits per heavy atom. The molecule has 4 N–H and O–H groups in total. The number of anilines is 1. The SMILES string of the molecule is Nc1cncc(-c2cnc3n[nH]c(-c4nc5c(C6=CC=C(F)CC=C6)cncc5[nH]4)c3c2)c1. The molecule has 0 saturated carbocycles. The van der Waals surface area contributed by atoms with Crippen molar-refractivity contribution in [2.75, 3.05) is 5.73 Å². The number of aromatic amines is 2. The van der Waals surface area contributed by atoms with Crippen LogP contribution in [-0.4, -0.2) is 35.1 Å². The van der Waals surface area contributed by atoms with E-state index in [0.717, 1.165) is 38.7 Å². The molecule has 0 fully saturated rings. The molecule has 6 rings (SSSR count). The van der Waals surface area contributed by atoms with Gasteiger partial charge >= 0.3 is 0 Å². The van der Waals surface area contributed by atoms with E-state index in [-0.39, 0.29) is 12.2 Å². The van der Waals surface area contributed by atoms with E-state index in [1.54, 1.807) is 43.1 Å². The summed E-state index contributed by atoms with van der Waals surface area (Å²) in [7, 11) is 0. The van der Waals surface area contributed by atoms with Crippen molar-refractivity contribution in [1.29, 1.82) is 0 Å². The lowest BCUT2D eigenvalue weighted by Crippen LogP contribution is -1.89. The van der Waals surface area contributed by atoms with Crippen LogP contribution in [-0.2, 0) is 0 Å².